The molecule has 16 heavy (non-hydrogen) atoms. The highest BCUT2D eigenvalue weighted by molar-refractivity contribution is 7.86. The Balaban J connectivity index is 2.21. The van der Waals surface area contributed by atoms with Crippen LogP contribution in [0.15, 0.2) is 18.2 Å². The van der Waals surface area contributed by atoms with Crippen LogP contribution in [0.4, 0.5) is 3.89 Å². The molecule has 88 valence electrons. The Morgan fingerprint density at radius 3 is 2.69 bits per heavy atom. The van der Waals surface area contributed by atoms with Crippen LogP contribution < -0.4 is 0 Å². The van der Waals surface area contributed by atoms with E-state index in [4.69, 9.17) is 0 Å². The molecular weight excluding hydrogens is 227 g/mol. The van der Waals surface area contributed by atoms with E-state index in [9.17, 15) is 12.3 Å². The van der Waals surface area contributed by atoms with Crippen LogP contribution >= 0.6 is 0 Å². The van der Waals surface area contributed by atoms with Gasteiger partial charge in [0.1, 0.15) is 0 Å². The van der Waals surface area contributed by atoms with Crippen LogP contribution in [0.1, 0.15) is 29.5 Å². The van der Waals surface area contributed by atoms with Crippen LogP contribution in [-0.2, 0) is 29.5 Å². The average Bonchev–Trinajstić information content (AvgIpc) is 2.25. The minimum absolute atomic E-state index is 0.294. The first-order chi connectivity index (χ1) is 7.56. The average molecular weight is 242 g/mol. The van der Waals surface area contributed by atoms with Crippen molar-refractivity contribution in [2.24, 2.45) is 0 Å². The van der Waals surface area contributed by atoms with Crippen LogP contribution in [0.2, 0.25) is 0 Å². The summed E-state index contributed by atoms with van der Waals surface area (Å²) in [5.74, 6) is -0.399. The molecule has 0 radical (unpaired) electrons. The smallest absolute Gasteiger partial charge is 0.195 e. The number of fused-ring (bicyclic) bond motifs is 1. The Labute approximate surface area is 95.7 Å². The maximum absolute atomic E-state index is 12.5. The number of hydrogen-bond donors (Lipinski definition) is 0. The molecule has 2 rings (SSSR count). The number of rotatable bonds is 3. The van der Waals surface area contributed by atoms with Crippen LogP contribution in [0, 0.1) is 0 Å². The van der Waals surface area contributed by atoms with E-state index in [1.54, 1.807) is 0 Å². The number of benzene rings is 1. The van der Waals surface area contributed by atoms with Crippen LogP contribution in [0.3, 0.4) is 0 Å². The Hall–Kier alpha value is -0.900. The van der Waals surface area contributed by atoms with Crippen molar-refractivity contribution in [3.8, 4) is 0 Å². The zero-order valence-electron chi connectivity index (χ0n) is 9.08. The largest absolute Gasteiger partial charge is 0.302 e. The normalized spacial score (nSPS) is 15.8. The molecule has 0 aliphatic heterocycles. The molecule has 0 N–H and O–H groups in total. The third-order valence-electron chi connectivity index (χ3n) is 3.11. The van der Waals surface area contributed by atoms with Crippen molar-refractivity contribution in [1.29, 1.82) is 0 Å². The fourth-order valence-electron chi connectivity index (χ4n) is 2.33. The van der Waals surface area contributed by atoms with Crippen LogP contribution in [0.25, 0.3) is 0 Å². The van der Waals surface area contributed by atoms with Crippen LogP contribution in [-0.4, -0.2) is 14.2 Å². The molecule has 1 aromatic rings. The second-order valence-electron chi connectivity index (χ2n) is 4.25. The monoisotopic (exact) mass is 242 g/mol. The molecule has 4 heteroatoms. The molecule has 1 aromatic carbocycles. The lowest BCUT2D eigenvalue weighted by Gasteiger charge is -2.18. The van der Waals surface area contributed by atoms with E-state index in [0.29, 0.717) is 6.42 Å². The molecule has 0 bridgehead atoms. The van der Waals surface area contributed by atoms with Crippen molar-refractivity contribution in [3.05, 3.63) is 34.9 Å². The number of halogens is 1. The van der Waals surface area contributed by atoms with Gasteiger partial charge in [-0.15, -0.1) is 3.89 Å². The molecule has 0 fully saturated rings. The highest BCUT2D eigenvalue weighted by atomic mass is 32.3. The molecule has 0 unspecified atom stereocenters. The van der Waals surface area contributed by atoms with E-state index in [1.807, 2.05) is 12.1 Å². The van der Waals surface area contributed by atoms with Gasteiger partial charge in [0.2, 0.25) is 0 Å². The summed E-state index contributed by atoms with van der Waals surface area (Å²) in [5.41, 5.74) is 3.55. The summed E-state index contributed by atoms with van der Waals surface area (Å²) in [4.78, 5) is 0. The van der Waals surface area contributed by atoms with E-state index in [-0.39, 0.29) is 0 Å². The minimum Gasteiger partial charge on any atom is -0.195 e. The summed E-state index contributed by atoms with van der Waals surface area (Å²) in [6, 6.07) is 5.93. The van der Waals surface area contributed by atoms with Crippen LogP contribution in [0.5, 0.6) is 0 Å². The van der Waals surface area contributed by atoms with Gasteiger partial charge < -0.3 is 0 Å². The first-order valence-corrected chi connectivity index (χ1v) is 7.13. The Morgan fingerprint density at radius 2 is 1.94 bits per heavy atom. The first-order valence-electron chi connectivity index (χ1n) is 5.58. The van der Waals surface area contributed by atoms with E-state index < -0.39 is 16.0 Å². The first kappa shape index (κ1) is 11.6. The van der Waals surface area contributed by atoms with E-state index in [1.165, 1.54) is 17.5 Å². The van der Waals surface area contributed by atoms with Gasteiger partial charge in [-0.3, -0.25) is 0 Å². The predicted molar refractivity (Wildman–Crippen MR) is 61.7 cm³/mol. The van der Waals surface area contributed by atoms with Crippen molar-refractivity contribution in [2.45, 2.75) is 32.1 Å². The zero-order valence-corrected chi connectivity index (χ0v) is 9.89. The zero-order chi connectivity index (χ0) is 11.6. The van der Waals surface area contributed by atoms with Gasteiger partial charge in [0, 0.05) is 0 Å². The summed E-state index contributed by atoms with van der Waals surface area (Å²) < 4.78 is 33.5. The topological polar surface area (TPSA) is 34.1 Å². The summed E-state index contributed by atoms with van der Waals surface area (Å²) >= 11 is 0. The lowest BCUT2D eigenvalue weighted by Crippen LogP contribution is -2.09. The highest BCUT2D eigenvalue weighted by Crippen LogP contribution is 2.24. The molecular formula is C12H15FO2S. The van der Waals surface area contributed by atoms with Gasteiger partial charge in [0.15, 0.2) is 0 Å². The van der Waals surface area contributed by atoms with Crippen molar-refractivity contribution < 1.29 is 12.3 Å². The molecule has 0 amide bonds. The quantitative estimate of drug-likeness (QED) is 0.763. The molecule has 1 aliphatic carbocycles. The highest BCUT2D eigenvalue weighted by Gasteiger charge is 2.14. The van der Waals surface area contributed by atoms with E-state index >= 15 is 0 Å². The second-order valence-corrected chi connectivity index (χ2v) is 5.74. The molecule has 0 saturated heterocycles. The lowest BCUT2D eigenvalue weighted by atomic mass is 9.87. The number of hydrogen-bond acceptors (Lipinski definition) is 2. The van der Waals surface area contributed by atoms with Crippen molar-refractivity contribution in [3.63, 3.8) is 0 Å². The van der Waals surface area contributed by atoms with Crippen molar-refractivity contribution in [2.75, 3.05) is 5.75 Å². The molecule has 0 atom stereocenters. The van der Waals surface area contributed by atoms with E-state index in [2.05, 4.69) is 6.07 Å². The molecule has 0 spiro atoms. The summed E-state index contributed by atoms with van der Waals surface area (Å²) in [5, 5.41) is 0. The van der Waals surface area contributed by atoms with Gasteiger partial charge in [0.05, 0.1) is 5.75 Å². The summed E-state index contributed by atoms with van der Waals surface area (Å²) in [6.45, 7) is 0. The lowest BCUT2D eigenvalue weighted by molar-refractivity contribution is 0.551. The molecule has 0 aromatic heterocycles. The third kappa shape index (κ3) is 2.82. The molecule has 0 saturated carbocycles. The van der Waals surface area contributed by atoms with Gasteiger partial charge in [0.25, 0.3) is 0 Å². The van der Waals surface area contributed by atoms with E-state index in [0.717, 1.165) is 24.8 Å². The second kappa shape index (κ2) is 4.53. The maximum atomic E-state index is 12.5. The van der Waals surface area contributed by atoms with Gasteiger partial charge in [-0.2, -0.15) is 8.42 Å². The Morgan fingerprint density at radius 1 is 1.19 bits per heavy atom. The van der Waals surface area contributed by atoms with Crippen molar-refractivity contribution in [1.82, 2.24) is 0 Å². The molecule has 2 nitrogen and oxygen atoms in total. The fourth-order valence-corrected chi connectivity index (χ4v) is 2.79. The predicted octanol–water partition coefficient (Wildman–Crippen LogP) is 2.41. The number of aryl methyl sites for hydroxylation is 2. The summed E-state index contributed by atoms with van der Waals surface area (Å²) in [7, 11) is -4.35. The van der Waals surface area contributed by atoms with Gasteiger partial charge in [-0.25, -0.2) is 0 Å². The Bertz CT molecular complexity index is 480. The van der Waals surface area contributed by atoms with Gasteiger partial charge in [-0.05, 0) is 48.8 Å². The third-order valence-corrected chi connectivity index (χ3v) is 3.80. The van der Waals surface area contributed by atoms with Crippen molar-refractivity contribution >= 4 is 10.2 Å². The fraction of sp³-hybridized carbons (Fsp3) is 0.500. The molecule has 0 heterocycles. The SMILES string of the molecule is O=S(=O)(F)CCc1cccc2c1CCCC2. The minimum atomic E-state index is -4.35. The summed E-state index contributed by atoms with van der Waals surface area (Å²) in [6.07, 6.45) is 4.69. The molecule has 1 aliphatic rings. The maximum Gasteiger partial charge on any atom is 0.302 e. The standard InChI is InChI=1S/C12H15FO2S/c13-16(14,15)9-8-11-6-3-5-10-4-1-2-7-12(10)11/h3,5-6H,1-2,4,7-9H2. The van der Waals surface area contributed by atoms with Gasteiger partial charge in [-0.1, -0.05) is 18.2 Å². The van der Waals surface area contributed by atoms with Gasteiger partial charge >= 0.3 is 10.2 Å². The Kier molecular flexibility index (Phi) is 3.28.